The molecule has 1 aromatic carbocycles. The van der Waals surface area contributed by atoms with Crippen molar-refractivity contribution in [2.75, 3.05) is 5.75 Å². The van der Waals surface area contributed by atoms with Gasteiger partial charge in [-0.05, 0) is 67.5 Å². The number of aromatic nitrogens is 2. The smallest absolute Gasteiger partial charge is 0.262 e. The number of thioether (sulfide) groups is 1. The van der Waals surface area contributed by atoms with E-state index < -0.39 is 0 Å². The van der Waals surface area contributed by atoms with E-state index in [-0.39, 0.29) is 17.1 Å². The Labute approximate surface area is 154 Å². The molecule has 0 N–H and O–H groups in total. The van der Waals surface area contributed by atoms with E-state index in [1.54, 1.807) is 13.1 Å². The first-order valence-electron chi connectivity index (χ1n) is 7.99. The molecular formula is C19H20N2O2S2. The molecular weight excluding hydrogens is 352 g/mol. The van der Waals surface area contributed by atoms with Crippen molar-refractivity contribution in [2.45, 2.75) is 32.9 Å². The molecule has 0 saturated heterocycles. The van der Waals surface area contributed by atoms with Crippen LogP contribution in [0.5, 0.6) is 0 Å². The fourth-order valence-electron chi connectivity index (χ4n) is 2.82. The molecule has 0 aliphatic carbocycles. The van der Waals surface area contributed by atoms with Crippen molar-refractivity contribution in [3.63, 3.8) is 0 Å². The number of ketones is 1. The summed E-state index contributed by atoms with van der Waals surface area (Å²) in [6.45, 7) is 8.15. The van der Waals surface area contributed by atoms with E-state index in [9.17, 15) is 9.59 Å². The van der Waals surface area contributed by atoms with Crippen molar-refractivity contribution in [2.24, 2.45) is 7.05 Å². The summed E-state index contributed by atoms with van der Waals surface area (Å²) in [7, 11) is 1.70. The maximum Gasteiger partial charge on any atom is 0.262 e. The number of nitrogens with zero attached hydrogens (tertiary/aromatic N) is 2. The van der Waals surface area contributed by atoms with E-state index >= 15 is 0 Å². The number of thiophene rings is 1. The van der Waals surface area contributed by atoms with Crippen LogP contribution in [0.1, 0.15) is 32.6 Å². The van der Waals surface area contributed by atoms with Gasteiger partial charge in [-0.3, -0.25) is 14.2 Å². The Kier molecular flexibility index (Phi) is 4.84. The highest BCUT2D eigenvalue weighted by Gasteiger charge is 2.16. The third kappa shape index (κ3) is 3.16. The zero-order valence-electron chi connectivity index (χ0n) is 15.0. The highest BCUT2D eigenvalue weighted by atomic mass is 32.2. The molecule has 0 spiro atoms. The lowest BCUT2D eigenvalue weighted by atomic mass is 9.93. The molecule has 3 aromatic rings. The molecule has 25 heavy (non-hydrogen) atoms. The topological polar surface area (TPSA) is 52.0 Å². The molecule has 4 nitrogen and oxygen atoms in total. The molecule has 2 heterocycles. The largest absolute Gasteiger partial charge is 0.293 e. The molecule has 0 bridgehead atoms. The van der Waals surface area contributed by atoms with Gasteiger partial charge in [0.1, 0.15) is 4.83 Å². The van der Waals surface area contributed by atoms with Crippen LogP contribution in [-0.4, -0.2) is 21.1 Å². The number of aryl methyl sites for hydroxylation is 1. The number of hydrogen-bond donors (Lipinski definition) is 0. The maximum atomic E-state index is 12.7. The number of carbonyl (C=O) groups excluding carboxylic acids is 1. The summed E-state index contributed by atoms with van der Waals surface area (Å²) in [6, 6.07) is 3.76. The number of carbonyl (C=O) groups is 1. The van der Waals surface area contributed by atoms with Crippen LogP contribution in [-0.2, 0) is 7.05 Å². The highest BCUT2D eigenvalue weighted by molar-refractivity contribution is 7.99. The van der Waals surface area contributed by atoms with Gasteiger partial charge in [0.2, 0.25) is 0 Å². The Hall–Kier alpha value is -1.92. The average Bonchev–Trinajstić information content (AvgIpc) is 3.06. The Morgan fingerprint density at radius 1 is 1.20 bits per heavy atom. The number of hydrogen-bond acceptors (Lipinski definition) is 5. The van der Waals surface area contributed by atoms with Crippen LogP contribution < -0.4 is 5.56 Å². The monoisotopic (exact) mass is 372 g/mol. The van der Waals surface area contributed by atoms with Gasteiger partial charge < -0.3 is 0 Å². The first-order chi connectivity index (χ1) is 11.8. The lowest BCUT2D eigenvalue weighted by molar-refractivity contribution is 0.102. The van der Waals surface area contributed by atoms with Gasteiger partial charge in [-0.1, -0.05) is 11.8 Å². The molecule has 0 aliphatic rings. The van der Waals surface area contributed by atoms with Crippen molar-refractivity contribution in [1.29, 1.82) is 0 Å². The highest BCUT2D eigenvalue weighted by Crippen LogP contribution is 2.25. The van der Waals surface area contributed by atoms with Crippen LogP contribution in [0.4, 0.5) is 0 Å². The zero-order valence-corrected chi connectivity index (χ0v) is 16.6. The van der Waals surface area contributed by atoms with Crippen LogP contribution in [0, 0.1) is 27.7 Å². The normalized spacial score (nSPS) is 11.2. The molecule has 0 radical (unpaired) electrons. The molecule has 0 amide bonds. The number of Topliss-reactive ketones (excluding diaryl/α,β-unsaturated/α-hetero) is 1. The molecule has 0 aliphatic heterocycles. The van der Waals surface area contributed by atoms with Crippen LogP contribution in [0.3, 0.4) is 0 Å². The molecule has 2 aromatic heterocycles. The van der Waals surface area contributed by atoms with Gasteiger partial charge in [0.15, 0.2) is 10.9 Å². The summed E-state index contributed by atoms with van der Waals surface area (Å²) >= 11 is 2.76. The van der Waals surface area contributed by atoms with E-state index in [0.29, 0.717) is 10.5 Å². The summed E-state index contributed by atoms with van der Waals surface area (Å²) < 4.78 is 1.52. The Morgan fingerprint density at radius 3 is 2.64 bits per heavy atom. The fraction of sp³-hybridized carbons (Fsp3) is 0.316. The molecule has 3 rings (SSSR count). The van der Waals surface area contributed by atoms with Crippen LogP contribution >= 0.6 is 23.1 Å². The third-order valence-electron chi connectivity index (χ3n) is 4.78. The molecule has 130 valence electrons. The van der Waals surface area contributed by atoms with Gasteiger partial charge in [0.05, 0.1) is 11.1 Å². The number of benzene rings is 1. The first-order valence-corrected chi connectivity index (χ1v) is 9.85. The predicted octanol–water partition coefficient (Wildman–Crippen LogP) is 4.20. The Bertz CT molecular complexity index is 1050. The quantitative estimate of drug-likeness (QED) is 0.391. The van der Waals surface area contributed by atoms with Gasteiger partial charge >= 0.3 is 0 Å². The standard InChI is InChI=1S/C19H20N2O2S2/c1-10-8-15(13(4)12(3)11(10)2)16(22)9-25-19-20-17-14(6-7-24-17)18(23)21(19)5/h6-8H,9H2,1-5H3. The van der Waals surface area contributed by atoms with Crippen LogP contribution in [0.2, 0.25) is 0 Å². The number of rotatable bonds is 4. The minimum Gasteiger partial charge on any atom is -0.293 e. The van der Waals surface area contributed by atoms with E-state index in [0.717, 1.165) is 21.5 Å². The second-order valence-electron chi connectivity index (χ2n) is 6.23. The van der Waals surface area contributed by atoms with Crippen molar-refractivity contribution < 1.29 is 4.79 Å². The molecule has 0 atom stereocenters. The second-order valence-corrected chi connectivity index (χ2v) is 8.06. The first kappa shape index (κ1) is 17.9. The van der Waals surface area contributed by atoms with E-state index in [4.69, 9.17) is 0 Å². The fourth-order valence-corrected chi connectivity index (χ4v) is 4.48. The van der Waals surface area contributed by atoms with E-state index in [1.807, 2.05) is 25.3 Å². The Morgan fingerprint density at radius 2 is 1.92 bits per heavy atom. The minimum atomic E-state index is -0.0700. The van der Waals surface area contributed by atoms with Gasteiger partial charge in [0.25, 0.3) is 5.56 Å². The third-order valence-corrected chi connectivity index (χ3v) is 6.61. The van der Waals surface area contributed by atoms with Crippen LogP contribution in [0.15, 0.2) is 27.5 Å². The van der Waals surface area contributed by atoms with Crippen molar-refractivity contribution in [3.8, 4) is 0 Å². The van der Waals surface area contributed by atoms with Gasteiger partial charge in [-0.15, -0.1) is 11.3 Å². The SMILES string of the molecule is Cc1cc(C(=O)CSc2nc3sccc3c(=O)n2C)c(C)c(C)c1C. The molecule has 6 heteroatoms. The van der Waals surface area contributed by atoms with Crippen molar-refractivity contribution in [1.82, 2.24) is 9.55 Å². The second kappa shape index (κ2) is 6.77. The summed E-state index contributed by atoms with van der Waals surface area (Å²) in [5.41, 5.74) is 5.24. The number of fused-ring (bicyclic) bond motifs is 1. The molecule has 0 fully saturated rings. The molecule has 0 saturated carbocycles. The van der Waals surface area contributed by atoms with Crippen LogP contribution in [0.25, 0.3) is 10.2 Å². The van der Waals surface area contributed by atoms with Gasteiger partial charge in [0, 0.05) is 12.6 Å². The van der Waals surface area contributed by atoms with Crippen molar-refractivity contribution in [3.05, 3.63) is 55.7 Å². The maximum absolute atomic E-state index is 12.7. The van der Waals surface area contributed by atoms with E-state index in [1.165, 1.54) is 38.8 Å². The zero-order chi connectivity index (χ0) is 18.3. The van der Waals surface area contributed by atoms with Crippen molar-refractivity contribution >= 4 is 39.1 Å². The summed E-state index contributed by atoms with van der Waals surface area (Å²) in [5.74, 6) is 0.328. The predicted molar refractivity (Wildman–Crippen MR) is 105 cm³/mol. The van der Waals surface area contributed by atoms with Gasteiger partial charge in [-0.25, -0.2) is 4.98 Å². The average molecular weight is 373 g/mol. The summed E-state index contributed by atoms with van der Waals surface area (Å²) in [6.07, 6.45) is 0. The summed E-state index contributed by atoms with van der Waals surface area (Å²) in [5, 5.41) is 3.06. The molecule has 0 unspecified atom stereocenters. The minimum absolute atomic E-state index is 0.0641. The lowest BCUT2D eigenvalue weighted by Crippen LogP contribution is -2.19. The van der Waals surface area contributed by atoms with E-state index in [2.05, 4.69) is 18.8 Å². The summed E-state index contributed by atoms with van der Waals surface area (Å²) in [4.78, 5) is 30.3. The van der Waals surface area contributed by atoms with Gasteiger partial charge in [-0.2, -0.15) is 0 Å². The lowest BCUT2D eigenvalue weighted by Gasteiger charge is -2.13. The Balaban J connectivity index is 1.89.